The summed E-state index contributed by atoms with van der Waals surface area (Å²) in [6.45, 7) is 4.09. The first-order valence-electron chi connectivity index (χ1n) is 10.1. The van der Waals surface area contributed by atoms with Crippen molar-refractivity contribution in [2.24, 2.45) is 0 Å². The standard InChI is InChI=1S/C25H24ClNO3/c1-2-29-23-12-11-19(15-21(23)17-30-24-10-6-5-9-22(24)26)25(28)27-14-13-18-7-3-4-8-20(18)16-27/h3-12,15H,2,13-14,16-17H2,1H3. The molecule has 0 saturated heterocycles. The van der Waals surface area contributed by atoms with Gasteiger partial charge in [0.25, 0.3) is 5.91 Å². The van der Waals surface area contributed by atoms with Gasteiger partial charge in [0, 0.05) is 24.2 Å². The Morgan fingerprint density at radius 3 is 2.53 bits per heavy atom. The molecule has 0 fully saturated rings. The third-order valence-electron chi connectivity index (χ3n) is 5.24. The van der Waals surface area contributed by atoms with Crippen LogP contribution < -0.4 is 9.47 Å². The second-order valence-electron chi connectivity index (χ2n) is 7.22. The molecule has 1 aliphatic rings. The summed E-state index contributed by atoms with van der Waals surface area (Å²) in [5.74, 6) is 1.34. The van der Waals surface area contributed by atoms with Gasteiger partial charge >= 0.3 is 0 Å². The second kappa shape index (κ2) is 9.23. The lowest BCUT2D eigenvalue weighted by Crippen LogP contribution is -2.36. The number of carbonyl (C=O) groups excluding carboxylic acids is 1. The van der Waals surface area contributed by atoms with Crippen molar-refractivity contribution in [1.29, 1.82) is 0 Å². The normalized spacial score (nSPS) is 12.9. The van der Waals surface area contributed by atoms with Crippen molar-refractivity contribution in [3.05, 3.63) is 94.0 Å². The van der Waals surface area contributed by atoms with Gasteiger partial charge in [0.2, 0.25) is 0 Å². The highest BCUT2D eigenvalue weighted by molar-refractivity contribution is 6.32. The van der Waals surface area contributed by atoms with E-state index in [1.165, 1.54) is 11.1 Å². The van der Waals surface area contributed by atoms with E-state index in [0.29, 0.717) is 41.8 Å². The summed E-state index contributed by atoms with van der Waals surface area (Å²) in [5, 5.41) is 0.551. The maximum Gasteiger partial charge on any atom is 0.254 e. The van der Waals surface area contributed by atoms with E-state index in [9.17, 15) is 4.79 Å². The van der Waals surface area contributed by atoms with E-state index in [0.717, 1.165) is 12.0 Å². The molecule has 0 radical (unpaired) electrons. The van der Waals surface area contributed by atoms with E-state index in [-0.39, 0.29) is 12.5 Å². The number of para-hydroxylation sites is 1. The maximum absolute atomic E-state index is 13.2. The lowest BCUT2D eigenvalue weighted by Gasteiger charge is -2.29. The molecule has 0 atom stereocenters. The van der Waals surface area contributed by atoms with E-state index >= 15 is 0 Å². The minimum Gasteiger partial charge on any atom is -0.493 e. The molecule has 3 aromatic carbocycles. The fourth-order valence-corrected chi connectivity index (χ4v) is 3.88. The van der Waals surface area contributed by atoms with Crippen LogP contribution in [0, 0.1) is 0 Å². The van der Waals surface area contributed by atoms with Gasteiger partial charge in [-0.1, -0.05) is 48.0 Å². The number of ether oxygens (including phenoxy) is 2. The van der Waals surface area contributed by atoms with Gasteiger partial charge in [-0.2, -0.15) is 0 Å². The third-order valence-corrected chi connectivity index (χ3v) is 5.56. The first-order valence-corrected chi connectivity index (χ1v) is 10.5. The average Bonchev–Trinajstić information content (AvgIpc) is 2.78. The van der Waals surface area contributed by atoms with Gasteiger partial charge < -0.3 is 14.4 Å². The van der Waals surface area contributed by atoms with Crippen LogP contribution in [0.4, 0.5) is 0 Å². The van der Waals surface area contributed by atoms with Crippen LogP contribution in [-0.2, 0) is 19.6 Å². The SMILES string of the molecule is CCOc1ccc(C(=O)N2CCc3ccccc3C2)cc1COc1ccccc1Cl. The Kier molecular flexibility index (Phi) is 6.24. The highest BCUT2D eigenvalue weighted by Gasteiger charge is 2.22. The maximum atomic E-state index is 13.2. The average molecular weight is 422 g/mol. The second-order valence-corrected chi connectivity index (χ2v) is 7.63. The Balaban J connectivity index is 1.54. The number of rotatable bonds is 6. The number of hydrogen-bond acceptors (Lipinski definition) is 3. The molecule has 0 bridgehead atoms. The molecule has 0 spiro atoms. The van der Waals surface area contributed by atoms with E-state index < -0.39 is 0 Å². The summed E-state index contributed by atoms with van der Waals surface area (Å²) >= 11 is 6.20. The molecular weight excluding hydrogens is 398 g/mol. The zero-order valence-electron chi connectivity index (χ0n) is 16.9. The van der Waals surface area contributed by atoms with Crippen LogP contribution in [0.1, 0.15) is 34.0 Å². The number of carbonyl (C=O) groups is 1. The van der Waals surface area contributed by atoms with E-state index in [1.807, 2.05) is 60.4 Å². The minimum absolute atomic E-state index is 0.0199. The Bertz CT molecular complexity index is 1050. The first-order chi connectivity index (χ1) is 14.7. The van der Waals surface area contributed by atoms with E-state index in [1.54, 1.807) is 6.07 Å². The molecule has 1 aliphatic heterocycles. The fourth-order valence-electron chi connectivity index (χ4n) is 3.69. The summed E-state index contributed by atoms with van der Waals surface area (Å²) in [7, 11) is 0. The topological polar surface area (TPSA) is 38.8 Å². The summed E-state index contributed by atoms with van der Waals surface area (Å²) in [6, 6.07) is 21.2. The fraction of sp³-hybridized carbons (Fsp3) is 0.240. The van der Waals surface area contributed by atoms with Gasteiger partial charge in [-0.15, -0.1) is 0 Å². The smallest absolute Gasteiger partial charge is 0.254 e. The van der Waals surface area contributed by atoms with Crippen molar-refractivity contribution in [3.63, 3.8) is 0 Å². The zero-order chi connectivity index (χ0) is 20.9. The molecular formula is C25H24ClNO3. The Morgan fingerprint density at radius 1 is 0.967 bits per heavy atom. The Labute approximate surface area is 182 Å². The molecule has 0 N–H and O–H groups in total. The van der Waals surface area contributed by atoms with Crippen LogP contribution in [0.5, 0.6) is 11.5 Å². The van der Waals surface area contributed by atoms with E-state index in [2.05, 4.69) is 12.1 Å². The van der Waals surface area contributed by atoms with Gasteiger partial charge in [-0.25, -0.2) is 0 Å². The summed E-state index contributed by atoms with van der Waals surface area (Å²) in [5.41, 5.74) is 3.99. The largest absolute Gasteiger partial charge is 0.493 e. The van der Waals surface area contributed by atoms with Gasteiger partial charge in [0.15, 0.2) is 0 Å². The van der Waals surface area contributed by atoms with Crippen molar-refractivity contribution in [2.45, 2.75) is 26.5 Å². The molecule has 0 unspecified atom stereocenters. The lowest BCUT2D eigenvalue weighted by atomic mass is 9.99. The number of nitrogens with zero attached hydrogens (tertiary/aromatic N) is 1. The third kappa shape index (κ3) is 4.44. The molecule has 154 valence electrons. The van der Waals surface area contributed by atoms with Crippen molar-refractivity contribution < 1.29 is 14.3 Å². The molecule has 0 aromatic heterocycles. The summed E-state index contributed by atoms with van der Waals surface area (Å²) in [4.78, 5) is 15.1. The molecule has 1 heterocycles. The van der Waals surface area contributed by atoms with Crippen molar-refractivity contribution in [2.75, 3.05) is 13.2 Å². The lowest BCUT2D eigenvalue weighted by molar-refractivity contribution is 0.0734. The molecule has 3 aromatic rings. The zero-order valence-corrected chi connectivity index (χ0v) is 17.7. The molecule has 0 aliphatic carbocycles. The molecule has 4 rings (SSSR count). The van der Waals surface area contributed by atoms with Crippen molar-refractivity contribution in [3.8, 4) is 11.5 Å². The number of hydrogen-bond donors (Lipinski definition) is 0. The predicted octanol–water partition coefficient (Wildman–Crippen LogP) is 5.52. The van der Waals surface area contributed by atoms with Crippen LogP contribution in [0.25, 0.3) is 0 Å². The number of benzene rings is 3. The highest BCUT2D eigenvalue weighted by atomic mass is 35.5. The number of halogens is 1. The van der Waals surface area contributed by atoms with Crippen LogP contribution in [0.3, 0.4) is 0 Å². The molecule has 5 heteroatoms. The monoisotopic (exact) mass is 421 g/mol. The van der Waals surface area contributed by atoms with Gasteiger partial charge in [-0.3, -0.25) is 4.79 Å². The summed E-state index contributed by atoms with van der Waals surface area (Å²) < 4.78 is 11.6. The van der Waals surface area contributed by atoms with Gasteiger partial charge in [-0.05, 0) is 54.8 Å². The number of fused-ring (bicyclic) bond motifs is 1. The van der Waals surface area contributed by atoms with Gasteiger partial charge in [0.1, 0.15) is 18.1 Å². The number of amides is 1. The van der Waals surface area contributed by atoms with Crippen LogP contribution in [0.2, 0.25) is 5.02 Å². The van der Waals surface area contributed by atoms with Crippen molar-refractivity contribution in [1.82, 2.24) is 4.90 Å². The van der Waals surface area contributed by atoms with Gasteiger partial charge in [0.05, 0.1) is 11.6 Å². The van der Waals surface area contributed by atoms with Crippen molar-refractivity contribution >= 4 is 17.5 Å². The predicted molar refractivity (Wildman–Crippen MR) is 118 cm³/mol. The quantitative estimate of drug-likeness (QED) is 0.526. The molecule has 4 nitrogen and oxygen atoms in total. The highest BCUT2D eigenvalue weighted by Crippen LogP contribution is 2.28. The van der Waals surface area contributed by atoms with Crippen LogP contribution in [0.15, 0.2) is 66.7 Å². The summed E-state index contributed by atoms with van der Waals surface area (Å²) in [6.07, 6.45) is 0.876. The van der Waals surface area contributed by atoms with E-state index in [4.69, 9.17) is 21.1 Å². The molecule has 30 heavy (non-hydrogen) atoms. The first kappa shape index (κ1) is 20.3. The van der Waals surface area contributed by atoms with Crippen LogP contribution >= 0.6 is 11.6 Å². The Morgan fingerprint density at radius 2 is 1.73 bits per heavy atom. The molecule has 1 amide bonds. The Hall–Kier alpha value is -2.98. The molecule has 0 saturated carbocycles. The minimum atomic E-state index is 0.0199. The van der Waals surface area contributed by atoms with Crippen LogP contribution in [-0.4, -0.2) is 24.0 Å².